The molecule has 11 heteroatoms. The normalized spacial score (nSPS) is 11.4. The van der Waals surface area contributed by atoms with Crippen LogP contribution in [0.2, 0.25) is 5.02 Å². The highest BCUT2D eigenvalue weighted by molar-refractivity contribution is 9.11. The first-order chi connectivity index (χ1) is 14.3. The number of sulfone groups is 2. The van der Waals surface area contributed by atoms with E-state index in [4.69, 9.17) is 17.3 Å². The van der Waals surface area contributed by atoms with E-state index in [2.05, 4.69) is 37.2 Å². The summed E-state index contributed by atoms with van der Waals surface area (Å²) in [6.45, 7) is 0. The number of benzene rings is 3. The van der Waals surface area contributed by atoms with Crippen LogP contribution >= 0.6 is 43.5 Å². The Labute approximate surface area is 203 Å². The average molecular weight is 611 g/mol. The van der Waals surface area contributed by atoms with Gasteiger partial charge in [0.1, 0.15) is 0 Å². The van der Waals surface area contributed by atoms with Gasteiger partial charge >= 0.3 is 0 Å². The van der Waals surface area contributed by atoms with Gasteiger partial charge in [-0.3, -0.25) is 0 Å². The number of halogens is 3. The molecule has 0 aliphatic carbocycles. The second kappa shape index (κ2) is 10.4. The molecule has 0 unspecified atom stereocenters. The number of hydrogen-bond donors (Lipinski definition) is 2. The van der Waals surface area contributed by atoms with Crippen molar-refractivity contribution in [3.8, 4) is 0 Å². The standard InChI is InChI=1S/C13H11BrClNO2S.C7H8BrNO2S/c1-19(17,18)11-6-7-13(12(14)8-11)16-10-4-2-9(15)3-5-10;1-12(10,11)5-2-3-7(9)6(8)4-5/h2-8,16H,1H3;2-4H,9H2,1H3. The van der Waals surface area contributed by atoms with Gasteiger partial charge in [0.15, 0.2) is 19.7 Å². The molecule has 0 fully saturated rings. The number of hydrogen-bond acceptors (Lipinski definition) is 6. The van der Waals surface area contributed by atoms with Gasteiger partial charge in [-0.1, -0.05) is 11.6 Å². The van der Waals surface area contributed by atoms with E-state index in [9.17, 15) is 16.8 Å². The minimum atomic E-state index is -3.20. The Morgan fingerprint density at radius 3 is 1.71 bits per heavy atom. The molecule has 0 aliphatic heterocycles. The van der Waals surface area contributed by atoms with Crippen LogP contribution in [0, 0.1) is 0 Å². The summed E-state index contributed by atoms with van der Waals surface area (Å²) in [5, 5.41) is 3.84. The minimum absolute atomic E-state index is 0.267. The summed E-state index contributed by atoms with van der Waals surface area (Å²) in [6.07, 6.45) is 2.34. The Morgan fingerprint density at radius 2 is 1.26 bits per heavy atom. The Bertz CT molecular complexity index is 1300. The second-order valence-electron chi connectivity index (χ2n) is 6.50. The summed E-state index contributed by atoms with van der Waals surface area (Å²) in [4.78, 5) is 0.546. The molecule has 31 heavy (non-hydrogen) atoms. The molecule has 0 atom stereocenters. The number of nitrogens with two attached hydrogens (primary N) is 1. The maximum Gasteiger partial charge on any atom is 0.175 e. The molecule has 3 N–H and O–H groups in total. The van der Waals surface area contributed by atoms with Crippen LogP contribution in [0.3, 0.4) is 0 Å². The van der Waals surface area contributed by atoms with E-state index in [0.29, 0.717) is 19.7 Å². The molecule has 0 amide bonds. The molecule has 3 aromatic rings. The number of nitrogens with one attached hydrogen (secondary N) is 1. The SMILES string of the molecule is CS(=O)(=O)c1ccc(N)c(Br)c1.CS(=O)(=O)c1ccc(Nc2ccc(Cl)cc2)c(Br)c1. The van der Waals surface area contributed by atoms with Crippen molar-refractivity contribution in [2.75, 3.05) is 23.6 Å². The van der Waals surface area contributed by atoms with Gasteiger partial charge in [0.05, 0.1) is 15.5 Å². The summed E-state index contributed by atoms with van der Waals surface area (Å²) in [7, 11) is -6.32. The highest BCUT2D eigenvalue weighted by Gasteiger charge is 2.10. The topological polar surface area (TPSA) is 106 Å². The monoisotopic (exact) mass is 608 g/mol. The molecule has 0 spiro atoms. The van der Waals surface area contributed by atoms with Gasteiger partial charge in [-0.05, 0) is 92.5 Å². The summed E-state index contributed by atoms with van der Waals surface area (Å²) in [5.74, 6) is 0. The predicted molar refractivity (Wildman–Crippen MR) is 134 cm³/mol. The second-order valence-corrected chi connectivity index (χ2v) is 12.7. The number of nitrogen functional groups attached to an aromatic ring is 1. The fraction of sp³-hybridized carbons (Fsp3) is 0.100. The largest absolute Gasteiger partial charge is 0.398 e. The molecule has 0 saturated carbocycles. The van der Waals surface area contributed by atoms with Crippen LogP contribution in [0.5, 0.6) is 0 Å². The van der Waals surface area contributed by atoms with Gasteiger partial charge in [-0.25, -0.2) is 16.8 Å². The van der Waals surface area contributed by atoms with E-state index < -0.39 is 19.7 Å². The zero-order chi connectivity index (χ0) is 23.4. The van der Waals surface area contributed by atoms with Gasteiger partial charge in [0.2, 0.25) is 0 Å². The summed E-state index contributed by atoms with van der Waals surface area (Å²) < 4.78 is 46.2. The number of anilines is 3. The van der Waals surface area contributed by atoms with Crippen molar-refractivity contribution in [2.24, 2.45) is 0 Å². The van der Waals surface area contributed by atoms with Gasteiger partial charge in [0.25, 0.3) is 0 Å². The van der Waals surface area contributed by atoms with Crippen LogP contribution in [0.25, 0.3) is 0 Å². The first-order valence-electron chi connectivity index (χ1n) is 8.54. The molecule has 166 valence electrons. The van der Waals surface area contributed by atoms with E-state index in [0.717, 1.165) is 17.6 Å². The highest BCUT2D eigenvalue weighted by atomic mass is 79.9. The van der Waals surface area contributed by atoms with E-state index in [-0.39, 0.29) is 9.79 Å². The maximum atomic E-state index is 11.4. The van der Waals surface area contributed by atoms with Crippen molar-refractivity contribution in [2.45, 2.75) is 9.79 Å². The van der Waals surface area contributed by atoms with Crippen molar-refractivity contribution < 1.29 is 16.8 Å². The fourth-order valence-electron chi connectivity index (χ4n) is 2.26. The summed E-state index contributed by atoms with van der Waals surface area (Å²) in [5.41, 5.74) is 7.68. The third-order valence-corrected chi connectivity index (χ3v) is 7.71. The molecule has 0 heterocycles. The van der Waals surface area contributed by atoms with Crippen molar-refractivity contribution in [3.63, 3.8) is 0 Å². The van der Waals surface area contributed by atoms with Crippen molar-refractivity contribution in [1.29, 1.82) is 0 Å². The first kappa shape index (κ1) is 25.7. The smallest absolute Gasteiger partial charge is 0.175 e. The molecule has 0 saturated heterocycles. The molecule has 0 bridgehead atoms. The zero-order valence-corrected chi connectivity index (χ0v) is 22.0. The molecule has 3 aromatic carbocycles. The molecule has 0 aromatic heterocycles. The van der Waals surface area contributed by atoms with Crippen LogP contribution < -0.4 is 11.1 Å². The first-order valence-corrected chi connectivity index (χ1v) is 14.3. The van der Waals surface area contributed by atoms with Crippen LogP contribution in [-0.2, 0) is 19.7 Å². The van der Waals surface area contributed by atoms with Crippen molar-refractivity contribution in [1.82, 2.24) is 0 Å². The predicted octanol–water partition coefficient (Wildman–Crippen LogP) is 5.68. The molecular formula is C20H19Br2ClN2O4S2. The molecule has 0 radical (unpaired) electrons. The molecule has 6 nitrogen and oxygen atoms in total. The Morgan fingerprint density at radius 1 is 0.774 bits per heavy atom. The van der Waals surface area contributed by atoms with Crippen molar-refractivity contribution >= 4 is 80.2 Å². The lowest BCUT2D eigenvalue weighted by molar-refractivity contribution is 0.600. The molecular weight excluding hydrogens is 592 g/mol. The third kappa shape index (κ3) is 7.80. The van der Waals surface area contributed by atoms with Crippen molar-refractivity contribution in [3.05, 3.63) is 74.6 Å². The van der Waals surface area contributed by atoms with Crippen LogP contribution in [0.15, 0.2) is 79.4 Å². The quantitative estimate of drug-likeness (QED) is 0.368. The maximum absolute atomic E-state index is 11.4. The van der Waals surface area contributed by atoms with E-state index in [1.165, 1.54) is 18.4 Å². The summed E-state index contributed by atoms with van der Waals surface area (Å²) >= 11 is 12.3. The lowest BCUT2D eigenvalue weighted by Gasteiger charge is -2.10. The fourth-order valence-corrected chi connectivity index (χ4v) is 4.84. The average Bonchev–Trinajstić information content (AvgIpc) is 2.66. The Kier molecular flexibility index (Phi) is 8.57. The van der Waals surface area contributed by atoms with Gasteiger partial charge < -0.3 is 11.1 Å². The highest BCUT2D eigenvalue weighted by Crippen LogP contribution is 2.29. The van der Waals surface area contributed by atoms with Gasteiger partial charge in [0, 0.05) is 37.9 Å². The van der Waals surface area contributed by atoms with Gasteiger partial charge in [-0.15, -0.1) is 0 Å². The van der Waals surface area contributed by atoms with Crippen LogP contribution in [-0.4, -0.2) is 29.3 Å². The molecule has 3 rings (SSSR count). The van der Waals surface area contributed by atoms with Crippen LogP contribution in [0.4, 0.5) is 17.1 Å². The van der Waals surface area contributed by atoms with E-state index in [1.807, 2.05) is 12.1 Å². The Hall–Kier alpha value is -1.59. The van der Waals surface area contributed by atoms with Crippen LogP contribution in [0.1, 0.15) is 0 Å². The zero-order valence-electron chi connectivity index (χ0n) is 16.4. The molecule has 0 aliphatic rings. The van der Waals surface area contributed by atoms with E-state index >= 15 is 0 Å². The number of rotatable bonds is 4. The van der Waals surface area contributed by atoms with Gasteiger partial charge in [-0.2, -0.15) is 0 Å². The lowest BCUT2D eigenvalue weighted by atomic mass is 10.2. The van der Waals surface area contributed by atoms with E-state index in [1.54, 1.807) is 36.4 Å². The minimum Gasteiger partial charge on any atom is -0.398 e. The Balaban J connectivity index is 0.000000245. The third-order valence-electron chi connectivity index (χ3n) is 3.89. The lowest BCUT2D eigenvalue weighted by Crippen LogP contribution is -1.98. The summed E-state index contributed by atoms with van der Waals surface area (Å²) in [6, 6.07) is 16.6.